The second-order valence-corrected chi connectivity index (χ2v) is 16.7. The summed E-state index contributed by atoms with van der Waals surface area (Å²) in [6.45, 7) is 0. The Balaban J connectivity index is 1.14. The minimum absolute atomic E-state index is 0.555. The van der Waals surface area contributed by atoms with Gasteiger partial charge in [0.1, 0.15) is 0 Å². The van der Waals surface area contributed by atoms with Crippen molar-refractivity contribution in [1.82, 2.24) is 0 Å². The highest BCUT2D eigenvalue weighted by molar-refractivity contribution is 6.24. The molecule has 13 rings (SSSR count). The molecule has 282 valence electrons. The molecule has 0 saturated carbocycles. The van der Waals surface area contributed by atoms with Crippen molar-refractivity contribution in [2.45, 2.75) is 5.41 Å². The zero-order valence-corrected chi connectivity index (χ0v) is 33.4. The van der Waals surface area contributed by atoms with Crippen LogP contribution in [0.25, 0.3) is 98.0 Å². The van der Waals surface area contributed by atoms with Crippen LogP contribution in [0.3, 0.4) is 0 Å². The average Bonchev–Trinajstić information content (AvgIpc) is 3.64. The summed E-state index contributed by atoms with van der Waals surface area (Å²) in [5, 5.41) is 15.2. The lowest BCUT2D eigenvalue weighted by molar-refractivity contribution is 0.777. The summed E-state index contributed by atoms with van der Waals surface area (Å²) >= 11 is 0. The van der Waals surface area contributed by atoms with E-state index < -0.39 is 5.41 Å². The van der Waals surface area contributed by atoms with Gasteiger partial charge in [0.15, 0.2) is 0 Å². The highest BCUT2D eigenvalue weighted by Gasteiger charge is 2.48. The zero-order valence-electron chi connectivity index (χ0n) is 33.4. The van der Waals surface area contributed by atoms with Gasteiger partial charge in [0.2, 0.25) is 0 Å². The van der Waals surface area contributed by atoms with Gasteiger partial charge in [-0.15, -0.1) is 0 Å². The number of hydrogen-bond acceptors (Lipinski definition) is 0. The van der Waals surface area contributed by atoms with Crippen LogP contribution in [-0.4, -0.2) is 0 Å². The van der Waals surface area contributed by atoms with E-state index in [1.54, 1.807) is 0 Å². The molecule has 0 heterocycles. The molecule has 0 amide bonds. The van der Waals surface area contributed by atoms with Gasteiger partial charge in [0, 0.05) is 0 Å². The third-order valence-corrected chi connectivity index (χ3v) is 13.7. The van der Waals surface area contributed by atoms with Crippen LogP contribution >= 0.6 is 0 Å². The third kappa shape index (κ3) is 4.76. The molecule has 0 nitrogen and oxygen atoms in total. The molecule has 0 unspecified atom stereocenters. The van der Waals surface area contributed by atoms with Crippen molar-refractivity contribution in [2.24, 2.45) is 0 Å². The number of rotatable bonds is 4. The van der Waals surface area contributed by atoms with Gasteiger partial charge in [0.05, 0.1) is 5.41 Å². The van der Waals surface area contributed by atoms with Crippen LogP contribution < -0.4 is 0 Å². The molecule has 61 heavy (non-hydrogen) atoms. The van der Waals surface area contributed by atoms with Gasteiger partial charge in [0.25, 0.3) is 0 Å². The SMILES string of the molecule is c1ccc(C2(c3ccccc3)c3cc4cc(-c5c6ccccc6c(-c6cccc7ccccc67)c6ccccc56)ccc4cc3-c3c2c2ccccc2c2ccccc32)cc1. The van der Waals surface area contributed by atoms with Crippen LogP contribution in [0.1, 0.15) is 22.3 Å². The Bertz CT molecular complexity index is 3640. The fourth-order valence-electron chi connectivity index (χ4n) is 11.2. The molecule has 0 heteroatoms. The summed E-state index contributed by atoms with van der Waals surface area (Å²) < 4.78 is 0. The minimum Gasteiger partial charge on any atom is -0.0622 e. The maximum Gasteiger partial charge on any atom is 0.0720 e. The molecule has 1 aliphatic rings. The Labute approximate surface area is 354 Å². The first-order valence-electron chi connectivity index (χ1n) is 21.3. The summed E-state index contributed by atoms with van der Waals surface area (Å²) in [7, 11) is 0. The first kappa shape index (κ1) is 34.1. The summed E-state index contributed by atoms with van der Waals surface area (Å²) in [5.41, 5.74) is 12.4. The summed E-state index contributed by atoms with van der Waals surface area (Å²) in [4.78, 5) is 0. The number of hydrogen-bond donors (Lipinski definition) is 0. The molecule has 0 saturated heterocycles. The van der Waals surface area contributed by atoms with Crippen LogP contribution in [0.15, 0.2) is 231 Å². The Hall–Kier alpha value is -7.80. The topological polar surface area (TPSA) is 0 Å². The van der Waals surface area contributed by atoms with Crippen molar-refractivity contribution in [2.75, 3.05) is 0 Å². The van der Waals surface area contributed by atoms with E-state index in [0.717, 1.165) is 0 Å². The van der Waals surface area contributed by atoms with Crippen molar-refractivity contribution in [1.29, 1.82) is 0 Å². The van der Waals surface area contributed by atoms with Crippen molar-refractivity contribution in [3.05, 3.63) is 253 Å². The molecule has 1 aliphatic carbocycles. The normalized spacial score (nSPS) is 13.0. The Kier molecular flexibility index (Phi) is 7.32. The molecule has 0 spiro atoms. The van der Waals surface area contributed by atoms with Crippen LogP contribution in [0.2, 0.25) is 0 Å². The van der Waals surface area contributed by atoms with Crippen LogP contribution in [0, 0.1) is 0 Å². The van der Waals surface area contributed by atoms with Crippen molar-refractivity contribution >= 4 is 64.6 Å². The quantitative estimate of drug-likeness (QED) is 0.123. The van der Waals surface area contributed by atoms with Gasteiger partial charge in [-0.1, -0.05) is 212 Å². The van der Waals surface area contributed by atoms with Gasteiger partial charge in [-0.25, -0.2) is 0 Å². The second kappa shape index (κ2) is 13.1. The van der Waals surface area contributed by atoms with Crippen LogP contribution in [0.4, 0.5) is 0 Å². The van der Waals surface area contributed by atoms with Crippen molar-refractivity contribution < 1.29 is 0 Å². The van der Waals surface area contributed by atoms with Gasteiger partial charge in [-0.3, -0.25) is 0 Å². The molecule has 0 N–H and O–H groups in total. The fourth-order valence-corrected chi connectivity index (χ4v) is 11.2. The highest BCUT2D eigenvalue weighted by atomic mass is 14.5. The standard InChI is InChI=1S/C61H38/c1-3-20-43(21-4-1)61(44-22-5-2-6-23-44)56-38-42-36-41(35-34-40(42)37-55(56)59-49-27-11-9-25-46(49)47-26-10-16-32-54(47)60(59)61)57-50-28-12-14-30-52(50)58(53-31-15-13-29-51(53)57)48-33-17-19-39-18-7-8-24-45(39)48/h1-38H. The molecule has 12 aromatic rings. The van der Waals surface area contributed by atoms with E-state index in [2.05, 4.69) is 231 Å². The third-order valence-electron chi connectivity index (χ3n) is 13.7. The van der Waals surface area contributed by atoms with Gasteiger partial charge >= 0.3 is 0 Å². The Morgan fingerprint density at radius 1 is 0.246 bits per heavy atom. The lowest BCUT2D eigenvalue weighted by atomic mass is 9.66. The molecule has 12 aromatic carbocycles. The lowest BCUT2D eigenvalue weighted by Crippen LogP contribution is -2.28. The second-order valence-electron chi connectivity index (χ2n) is 16.7. The Morgan fingerprint density at radius 3 is 1.34 bits per heavy atom. The molecule has 0 radical (unpaired) electrons. The van der Waals surface area contributed by atoms with E-state index in [9.17, 15) is 0 Å². The van der Waals surface area contributed by atoms with E-state index in [4.69, 9.17) is 0 Å². The molecular weight excluding hydrogens is 733 g/mol. The highest BCUT2D eigenvalue weighted by Crippen LogP contribution is 2.61. The smallest absolute Gasteiger partial charge is 0.0622 e. The maximum absolute atomic E-state index is 2.53. The summed E-state index contributed by atoms with van der Waals surface area (Å²) in [5.74, 6) is 0. The van der Waals surface area contributed by atoms with Gasteiger partial charge in [-0.05, 0) is 138 Å². The minimum atomic E-state index is -0.555. The van der Waals surface area contributed by atoms with E-state index in [1.165, 1.54) is 120 Å². The molecule has 0 fully saturated rings. The van der Waals surface area contributed by atoms with E-state index in [-0.39, 0.29) is 0 Å². The fraction of sp³-hybridized carbons (Fsp3) is 0.0164. The summed E-state index contributed by atoms with van der Waals surface area (Å²) in [6, 6.07) is 86.3. The Morgan fingerprint density at radius 2 is 0.721 bits per heavy atom. The molecule has 0 aliphatic heterocycles. The maximum atomic E-state index is 2.53. The predicted octanol–water partition coefficient (Wildman–Crippen LogP) is 16.3. The molecule has 0 aromatic heterocycles. The van der Waals surface area contributed by atoms with E-state index >= 15 is 0 Å². The van der Waals surface area contributed by atoms with E-state index in [0.29, 0.717) is 0 Å². The largest absolute Gasteiger partial charge is 0.0720 e. The zero-order chi connectivity index (χ0) is 40.1. The average molecular weight is 771 g/mol. The van der Waals surface area contributed by atoms with Crippen molar-refractivity contribution in [3.63, 3.8) is 0 Å². The molecule has 0 bridgehead atoms. The summed E-state index contributed by atoms with van der Waals surface area (Å²) in [6.07, 6.45) is 0. The number of fused-ring (bicyclic) bond motifs is 12. The number of benzene rings is 12. The van der Waals surface area contributed by atoms with Gasteiger partial charge < -0.3 is 0 Å². The predicted molar refractivity (Wildman–Crippen MR) is 260 cm³/mol. The first-order valence-corrected chi connectivity index (χ1v) is 21.3. The van der Waals surface area contributed by atoms with Crippen molar-refractivity contribution in [3.8, 4) is 33.4 Å². The first-order chi connectivity index (χ1) is 30.3. The van der Waals surface area contributed by atoms with E-state index in [1.807, 2.05) is 0 Å². The lowest BCUT2D eigenvalue weighted by Gasteiger charge is -2.35. The van der Waals surface area contributed by atoms with Crippen LogP contribution in [-0.2, 0) is 5.41 Å². The monoisotopic (exact) mass is 770 g/mol. The van der Waals surface area contributed by atoms with Crippen LogP contribution in [0.5, 0.6) is 0 Å². The van der Waals surface area contributed by atoms with Gasteiger partial charge in [-0.2, -0.15) is 0 Å². The molecular formula is C61H38. The molecule has 0 atom stereocenters.